The van der Waals surface area contributed by atoms with Gasteiger partial charge in [-0.25, -0.2) is 4.39 Å². The van der Waals surface area contributed by atoms with Gasteiger partial charge in [-0.2, -0.15) is 0 Å². The van der Waals surface area contributed by atoms with Crippen molar-refractivity contribution in [1.29, 1.82) is 0 Å². The van der Waals surface area contributed by atoms with Crippen molar-refractivity contribution in [3.05, 3.63) is 65.5 Å². The summed E-state index contributed by atoms with van der Waals surface area (Å²) >= 11 is 0. The van der Waals surface area contributed by atoms with Gasteiger partial charge >= 0.3 is 0 Å². The van der Waals surface area contributed by atoms with Crippen molar-refractivity contribution in [2.45, 2.75) is 19.3 Å². The van der Waals surface area contributed by atoms with Gasteiger partial charge in [0.05, 0.1) is 6.54 Å². The molecule has 0 saturated heterocycles. The molecule has 0 N–H and O–H groups in total. The van der Waals surface area contributed by atoms with Gasteiger partial charge in [0.15, 0.2) is 0 Å². The fraction of sp³-hybridized carbons (Fsp3) is 0.350. The van der Waals surface area contributed by atoms with E-state index in [9.17, 15) is 9.18 Å². The number of halogens is 1. The Morgan fingerprint density at radius 1 is 1.21 bits per heavy atom. The van der Waals surface area contributed by atoms with Crippen LogP contribution >= 0.6 is 0 Å². The fourth-order valence-corrected chi connectivity index (χ4v) is 2.99. The Kier molecular flexibility index (Phi) is 4.84. The second-order valence-corrected chi connectivity index (χ2v) is 6.34. The van der Waals surface area contributed by atoms with Crippen molar-refractivity contribution in [2.24, 2.45) is 5.92 Å². The van der Waals surface area contributed by atoms with Crippen LogP contribution in [0.5, 0.6) is 5.75 Å². The molecule has 1 aliphatic carbocycles. The predicted octanol–water partition coefficient (Wildman–Crippen LogP) is 3.78. The van der Waals surface area contributed by atoms with Gasteiger partial charge < -0.3 is 9.64 Å². The largest absolute Gasteiger partial charge is 0.491 e. The lowest BCUT2D eigenvalue weighted by Gasteiger charge is -2.18. The average molecular weight is 327 g/mol. The minimum atomic E-state index is -0.219. The molecular formula is C20H22FNO2. The van der Waals surface area contributed by atoms with E-state index in [2.05, 4.69) is 0 Å². The number of amides is 1. The number of rotatable bonds is 6. The third kappa shape index (κ3) is 3.58. The van der Waals surface area contributed by atoms with E-state index in [0.29, 0.717) is 18.7 Å². The summed E-state index contributed by atoms with van der Waals surface area (Å²) < 4.78 is 19.5. The predicted molar refractivity (Wildman–Crippen MR) is 91.6 cm³/mol. The topological polar surface area (TPSA) is 29.5 Å². The molecule has 2 unspecified atom stereocenters. The van der Waals surface area contributed by atoms with E-state index in [-0.39, 0.29) is 23.6 Å². The van der Waals surface area contributed by atoms with Crippen LogP contribution < -0.4 is 4.74 Å². The number of carbonyl (C=O) groups excluding carboxylic acids is 1. The number of para-hydroxylation sites is 1. The van der Waals surface area contributed by atoms with E-state index in [0.717, 1.165) is 17.7 Å². The van der Waals surface area contributed by atoms with E-state index in [1.54, 1.807) is 24.1 Å². The van der Waals surface area contributed by atoms with Gasteiger partial charge in [0.2, 0.25) is 5.91 Å². The highest BCUT2D eigenvalue weighted by molar-refractivity contribution is 5.82. The first kappa shape index (κ1) is 16.5. The summed E-state index contributed by atoms with van der Waals surface area (Å²) in [5, 5.41) is 0. The van der Waals surface area contributed by atoms with E-state index in [1.807, 2.05) is 37.3 Å². The zero-order valence-corrected chi connectivity index (χ0v) is 14.0. The fourth-order valence-electron chi connectivity index (χ4n) is 2.99. The summed E-state index contributed by atoms with van der Waals surface area (Å²) in [6.07, 6.45) is 0.725. The molecule has 0 radical (unpaired) electrons. The molecule has 126 valence electrons. The van der Waals surface area contributed by atoms with Crippen LogP contribution in [0.15, 0.2) is 48.5 Å². The SMILES string of the molecule is Cc1ccccc1OCCN(C)C(=O)C1CC1c1ccccc1F. The number of hydrogen-bond acceptors (Lipinski definition) is 2. The molecule has 1 aliphatic rings. The first-order valence-corrected chi connectivity index (χ1v) is 8.25. The van der Waals surface area contributed by atoms with Crippen molar-refractivity contribution in [3.8, 4) is 5.75 Å². The molecule has 2 aromatic carbocycles. The number of nitrogens with zero attached hydrogens (tertiary/aromatic N) is 1. The molecule has 4 heteroatoms. The van der Waals surface area contributed by atoms with Crippen LogP contribution in [-0.4, -0.2) is 31.0 Å². The second kappa shape index (κ2) is 7.04. The molecular weight excluding hydrogens is 305 g/mol. The van der Waals surface area contributed by atoms with Crippen LogP contribution in [0, 0.1) is 18.7 Å². The van der Waals surface area contributed by atoms with Gasteiger partial charge in [0.25, 0.3) is 0 Å². The molecule has 1 saturated carbocycles. The number of carbonyl (C=O) groups is 1. The van der Waals surface area contributed by atoms with Gasteiger partial charge in [0.1, 0.15) is 18.2 Å². The lowest BCUT2D eigenvalue weighted by atomic mass is 10.1. The monoisotopic (exact) mass is 327 g/mol. The Bertz CT molecular complexity index is 731. The molecule has 2 aromatic rings. The standard InChI is InChI=1S/C20H22FNO2/c1-14-7-3-6-10-19(14)24-12-11-22(2)20(23)17-13-16(17)15-8-4-5-9-18(15)21/h3-10,16-17H,11-13H2,1-2H3. The molecule has 3 rings (SSSR count). The van der Waals surface area contributed by atoms with Gasteiger partial charge in [0, 0.05) is 13.0 Å². The zero-order chi connectivity index (χ0) is 17.1. The van der Waals surface area contributed by atoms with Crippen molar-refractivity contribution < 1.29 is 13.9 Å². The molecule has 0 heterocycles. The summed E-state index contributed by atoms with van der Waals surface area (Å²) in [7, 11) is 1.78. The number of ether oxygens (including phenoxy) is 1. The summed E-state index contributed by atoms with van der Waals surface area (Å²) in [6, 6.07) is 14.5. The Morgan fingerprint density at radius 3 is 2.67 bits per heavy atom. The quantitative estimate of drug-likeness (QED) is 0.808. The van der Waals surface area contributed by atoms with Crippen molar-refractivity contribution in [3.63, 3.8) is 0 Å². The first-order valence-electron chi connectivity index (χ1n) is 8.25. The van der Waals surface area contributed by atoms with E-state index in [4.69, 9.17) is 4.74 Å². The number of benzene rings is 2. The normalized spacial score (nSPS) is 19.0. The lowest BCUT2D eigenvalue weighted by molar-refractivity contribution is -0.131. The first-order chi connectivity index (χ1) is 11.6. The second-order valence-electron chi connectivity index (χ2n) is 6.34. The highest BCUT2D eigenvalue weighted by Gasteiger charge is 2.46. The van der Waals surface area contributed by atoms with Gasteiger partial charge in [-0.15, -0.1) is 0 Å². The number of likely N-dealkylation sites (N-methyl/N-ethyl adjacent to an activating group) is 1. The molecule has 24 heavy (non-hydrogen) atoms. The molecule has 0 aliphatic heterocycles. The van der Waals surface area contributed by atoms with Gasteiger partial charge in [-0.05, 0) is 42.5 Å². The van der Waals surface area contributed by atoms with Crippen molar-refractivity contribution in [1.82, 2.24) is 4.90 Å². The average Bonchev–Trinajstić information content (AvgIpc) is 3.36. The lowest BCUT2D eigenvalue weighted by Crippen LogP contribution is -2.32. The zero-order valence-electron chi connectivity index (χ0n) is 14.0. The molecule has 0 bridgehead atoms. The van der Waals surface area contributed by atoms with Crippen molar-refractivity contribution >= 4 is 5.91 Å². The molecule has 3 nitrogen and oxygen atoms in total. The maximum absolute atomic E-state index is 13.8. The summed E-state index contributed by atoms with van der Waals surface area (Å²) in [5.41, 5.74) is 1.73. The smallest absolute Gasteiger partial charge is 0.226 e. The summed E-state index contributed by atoms with van der Waals surface area (Å²) in [6.45, 7) is 2.96. The van der Waals surface area contributed by atoms with E-state index >= 15 is 0 Å². The molecule has 1 amide bonds. The Hall–Kier alpha value is -2.36. The van der Waals surface area contributed by atoms with E-state index in [1.165, 1.54) is 6.07 Å². The molecule has 0 spiro atoms. The van der Waals surface area contributed by atoms with Gasteiger partial charge in [-0.1, -0.05) is 36.4 Å². The van der Waals surface area contributed by atoms with Crippen LogP contribution in [0.25, 0.3) is 0 Å². The third-order valence-corrected chi connectivity index (χ3v) is 4.57. The Labute approximate surface area is 142 Å². The number of aryl methyl sites for hydroxylation is 1. The molecule has 2 atom stereocenters. The third-order valence-electron chi connectivity index (χ3n) is 4.57. The van der Waals surface area contributed by atoms with Crippen molar-refractivity contribution in [2.75, 3.05) is 20.2 Å². The highest BCUT2D eigenvalue weighted by atomic mass is 19.1. The molecule has 0 aromatic heterocycles. The van der Waals surface area contributed by atoms with Crippen LogP contribution in [0.3, 0.4) is 0 Å². The summed E-state index contributed by atoms with van der Waals surface area (Å²) in [4.78, 5) is 14.1. The van der Waals surface area contributed by atoms with Crippen LogP contribution in [0.1, 0.15) is 23.5 Å². The maximum atomic E-state index is 13.8. The minimum Gasteiger partial charge on any atom is -0.491 e. The molecule has 1 fully saturated rings. The minimum absolute atomic E-state index is 0.0124. The maximum Gasteiger partial charge on any atom is 0.226 e. The van der Waals surface area contributed by atoms with Crippen LogP contribution in [0.4, 0.5) is 4.39 Å². The van der Waals surface area contributed by atoms with Gasteiger partial charge in [-0.3, -0.25) is 4.79 Å². The Balaban J connectivity index is 1.50. The van der Waals surface area contributed by atoms with E-state index < -0.39 is 0 Å². The summed E-state index contributed by atoms with van der Waals surface area (Å²) in [5.74, 6) is 0.595. The highest BCUT2D eigenvalue weighted by Crippen LogP contribution is 2.49. The number of hydrogen-bond donors (Lipinski definition) is 0. The Morgan fingerprint density at radius 2 is 1.92 bits per heavy atom. The van der Waals surface area contributed by atoms with Crippen LogP contribution in [0.2, 0.25) is 0 Å². The van der Waals surface area contributed by atoms with Crippen LogP contribution in [-0.2, 0) is 4.79 Å².